The number of benzene rings is 2. The number of unbranched alkanes of at least 4 members (excludes halogenated alkanes) is 2. The first-order chi connectivity index (χ1) is 14.2. The van der Waals surface area contributed by atoms with E-state index in [0.29, 0.717) is 22.9 Å². The van der Waals surface area contributed by atoms with Crippen LogP contribution in [0.1, 0.15) is 42.2 Å². The maximum absolute atomic E-state index is 12.8. The average Bonchev–Trinajstić information content (AvgIpc) is 2.77. The van der Waals surface area contributed by atoms with Crippen LogP contribution in [0.2, 0.25) is 0 Å². The Morgan fingerprint density at radius 3 is 2.62 bits per heavy atom. The van der Waals surface area contributed by atoms with Crippen molar-refractivity contribution >= 4 is 17.4 Å². The first-order valence-electron chi connectivity index (χ1n) is 9.69. The highest BCUT2D eigenvalue weighted by Crippen LogP contribution is 2.19. The molecule has 2 N–H and O–H groups in total. The molecule has 0 spiro atoms. The molecule has 6 heteroatoms. The summed E-state index contributed by atoms with van der Waals surface area (Å²) in [4.78, 5) is 21.8. The summed E-state index contributed by atoms with van der Waals surface area (Å²) in [7, 11) is 0. The monoisotopic (exact) mass is 385 g/mol. The molecule has 0 saturated heterocycles. The number of nitrogens with one attached hydrogen (secondary N) is 2. The van der Waals surface area contributed by atoms with Crippen molar-refractivity contribution in [1.29, 1.82) is 5.26 Å². The van der Waals surface area contributed by atoms with Gasteiger partial charge in [0.1, 0.15) is 11.5 Å². The van der Waals surface area contributed by atoms with Crippen molar-refractivity contribution in [3.05, 3.63) is 71.9 Å². The third-order valence-electron chi connectivity index (χ3n) is 4.33. The Labute approximate surface area is 170 Å². The van der Waals surface area contributed by atoms with E-state index in [2.05, 4.69) is 33.6 Å². The zero-order valence-electron chi connectivity index (χ0n) is 16.4. The van der Waals surface area contributed by atoms with Crippen LogP contribution in [-0.4, -0.2) is 22.4 Å². The highest BCUT2D eigenvalue weighted by atomic mass is 16.1. The van der Waals surface area contributed by atoms with Crippen molar-refractivity contribution in [3.8, 4) is 17.5 Å². The largest absolute Gasteiger partial charge is 0.370 e. The first-order valence-corrected chi connectivity index (χ1v) is 9.69. The second kappa shape index (κ2) is 10.00. The van der Waals surface area contributed by atoms with Crippen LogP contribution in [0.5, 0.6) is 0 Å². The molecule has 0 radical (unpaired) electrons. The van der Waals surface area contributed by atoms with E-state index in [9.17, 15) is 4.79 Å². The molecular formula is C23H23N5O. The molecule has 0 fully saturated rings. The van der Waals surface area contributed by atoms with Crippen molar-refractivity contribution in [2.45, 2.75) is 26.2 Å². The van der Waals surface area contributed by atoms with Crippen LogP contribution in [0.15, 0.2) is 60.7 Å². The fraction of sp³-hybridized carbons (Fsp3) is 0.217. The summed E-state index contributed by atoms with van der Waals surface area (Å²) < 4.78 is 0. The lowest BCUT2D eigenvalue weighted by atomic mass is 10.2. The average molecular weight is 385 g/mol. The standard InChI is InChI=1S/C23H23N5O/c1-2-3-7-13-25-21-15-20(27-22(28-21)18-10-5-4-6-11-18)23(29)26-19-12-8-9-17(14-19)16-24/h4-6,8-12,14-15H,2-3,7,13H2,1H3,(H,26,29)(H,25,27,28). The van der Waals surface area contributed by atoms with Gasteiger partial charge in [-0.2, -0.15) is 5.26 Å². The number of anilines is 2. The van der Waals surface area contributed by atoms with Crippen molar-refractivity contribution in [1.82, 2.24) is 9.97 Å². The van der Waals surface area contributed by atoms with E-state index in [-0.39, 0.29) is 11.6 Å². The summed E-state index contributed by atoms with van der Waals surface area (Å²) in [5.74, 6) is 0.754. The van der Waals surface area contributed by atoms with Gasteiger partial charge in [-0.15, -0.1) is 0 Å². The molecule has 1 heterocycles. The van der Waals surface area contributed by atoms with Crippen molar-refractivity contribution < 1.29 is 4.79 Å². The fourth-order valence-electron chi connectivity index (χ4n) is 2.82. The number of nitriles is 1. The minimum absolute atomic E-state index is 0.263. The Hall–Kier alpha value is -3.72. The summed E-state index contributed by atoms with van der Waals surface area (Å²) in [6.45, 7) is 2.94. The van der Waals surface area contributed by atoms with Gasteiger partial charge in [0, 0.05) is 23.9 Å². The predicted molar refractivity (Wildman–Crippen MR) is 115 cm³/mol. The smallest absolute Gasteiger partial charge is 0.274 e. The number of hydrogen-bond acceptors (Lipinski definition) is 5. The Morgan fingerprint density at radius 2 is 1.86 bits per heavy atom. The molecule has 2 aromatic carbocycles. The molecule has 0 unspecified atom stereocenters. The number of rotatable bonds is 8. The minimum atomic E-state index is -0.351. The summed E-state index contributed by atoms with van der Waals surface area (Å²) in [6.07, 6.45) is 3.30. The van der Waals surface area contributed by atoms with Crippen LogP contribution in [0, 0.1) is 11.3 Å². The molecule has 29 heavy (non-hydrogen) atoms. The number of aromatic nitrogens is 2. The van der Waals surface area contributed by atoms with Crippen LogP contribution in [0.3, 0.4) is 0 Å². The molecule has 0 saturated carbocycles. The highest BCUT2D eigenvalue weighted by Gasteiger charge is 2.13. The first kappa shape index (κ1) is 20.0. The van der Waals surface area contributed by atoms with Crippen LogP contribution < -0.4 is 10.6 Å². The number of hydrogen-bond donors (Lipinski definition) is 2. The molecule has 0 aliphatic carbocycles. The molecule has 0 aliphatic rings. The normalized spacial score (nSPS) is 10.2. The van der Waals surface area contributed by atoms with Gasteiger partial charge in [-0.05, 0) is 24.6 Å². The third kappa shape index (κ3) is 5.63. The molecule has 0 atom stereocenters. The molecular weight excluding hydrogens is 362 g/mol. The second-order valence-corrected chi connectivity index (χ2v) is 6.61. The molecule has 0 bridgehead atoms. The molecule has 1 amide bonds. The van der Waals surface area contributed by atoms with Crippen LogP contribution in [0.4, 0.5) is 11.5 Å². The molecule has 146 valence electrons. The van der Waals surface area contributed by atoms with Crippen molar-refractivity contribution in [2.24, 2.45) is 0 Å². The zero-order chi connectivity index (χ0) is 20.5. The molecule has 3 aromatic rings. The minimum Gasteiger partial charge on any atom is -0.370 e. The summed E-state index contributed by atoms with van der Waals surface area (Å²) in [6, 6.07) is 20.1. The van der Waals surface area contributed by atoms with E-state index in [1.54, 1.807) is 30.3 Å². The topological polar surface area (TPSA) is 90.7 Å². The van der Waals surface area contributed by atoms with Gasteiger partial charge in [-0.3, -0.25) is 4.79 Å². The van der Waals surface area contributed by atoms with Crippen LogP contribution >= 0.6 is 0 Å². The lowest BCUT2D eigenvalue weighted by Gasteiger charge is -2.11. The number of nitrogens with zero attached hydrogens (tertiary/aromatic N) is 3. The number of carbonyl (C=O) groups excluding carboxylic acids is 1. The van der Waals surface area contributed by atoms with Gasteiger partial charge in [-0.1, -0.05) is 56.2 Å². The Bertz CT molecular complexity index is 1010. The Kier molecular flexibility index (Phi) is 6.90. The van der Waals surface area contributed by atoms with E-state index in [0.717, 1.165) is 31.4 Å². The molecule has 6 nitrogen and oxygen atoms in total. The van der Waals surface area contributed by atoms with E-state index in [4.69, 9.17) is 5.26 Å². The summed E-state index contributed by atoms with van der Waals surface area (Å²) >= 11 is 0. The lowest BCUT2D eigenvalue weighted by molar-refractivity contribution is 0.102. The molecule has 0 aliphatic heterocycles. The van der Waals surface area contributed by atoms with Gasteiger partial charge in [0.25, 0.3) is 5.91 Å². The fourth-order valence-corrected chi connectivity index (χ4v) is 2.82. The van der Waals surface area contributed by atoms with E-state index < -0.39 is 0 Å². The highest BCUT2D eigenvalue weighted by molar-refractivity contribution is 6.03. The van der Waals surface area contributed by atoms with Gasteiger partial charge in [0.05, 0.1) is 11.6 Å². The van der Waals surface area contributed by atoms with Gasteiger partial charge >= 0.3 is 0 Å². The maximum atomic E-state index is 12.8. The third-order valence-corrected chi connectivity index (χ3v) is 4.33. The lowest BCUT2D eigenvalue weighted by Crippen LogP contribution is -2.16. The zero-order valence-corrected chi connectivity index (χ0v) is 16.4. The number of amides is 1. The molecule has 3 rings (SSSR count). The van der Waals surface area contributed by atoms with E-state index >= 15 is 0 Å². The van der Waals surface area contributed by atoms with Gasteiger partial charge in [-0.25, -0.2) is 9.97 Å². The van der Waals surface area contributed by atoms with Gasteiger partial charge < -0.3 is 10.6 Å². The Morgan fingerprint density at radius 1 is 1.03 bits per heavy atom. The number of carbonyl (C=O) groups is 1. The van der Waals surface area contributed by atoms with Gasteiger partial charge in [0.15, 0.2) is 5.82 Å². The van der Waals surface area contributed by atoms with E-state index in [1.807, 2.05) is 30.3 Å². The van der Waals surface area contributed by atoms with Crippen LogP contribution in [-0.2, 0) is 0 Å². The second-order valence-electron chi connectivity index (χ2n) is 6.61. The summed E-state index contributed by atoms with van der Waals surface area (Å²) in [5.41, 5.74) is 2.13. The van der Waals surface area contributed by atoms with Crippen molar-refractivity contribution in [2.75, 3.05) is 17.2 Å². The molecule has 1 aromatic heterocycles. The quantitative estimate of drug-likeness (QED) is 0.540. The predicted octanol–water partition coefficient (Wildman–Crippen LogP) is 4.87. The SMILES string of the molecule is CCCCCNc1cc(C(=O)Nc2cccc(C#N)c2)nc(-c2ccccc2)n1. The maximum Gasteiger partial charge on any atom is 0.274 e. The van der Waals surface area contributed by atoms with E-state index in [1.165, 1.54) is 0 Å². The van der Waals surface area contributed by atoms with Gasteiger partial charge in [0.2, 0.25) is 0 Å². The Balaban J connectivity index is 1.87. The van der Waals surface area contributed by atoms with Crippen molar-refractivity contribution in [3.63, 3.8) is 0 Å². The van der Waals surface area contributed by atoms with Crippen LogP contribution in [0.25, 0.3) is 11.4 Å². The summed E-state index contributed by atoms with van der Waals surface area (Å²) in [5, 5.41) is 15.1.